The van der Waals surface area contributed by atoms with Crippen LogP contribution in [0.2, 0.25) is 0 Å². The number of carbonyl (C=O) groups is 2. The summed E-state index contributed by atoms with van der Waals surface area (Å²) in [5, 5.41) is 2.75. The molecule has 21 heavy (non-hydrogen) atoms. The van der Waals surface area contributed by atoms with E-state index in [4.69, 9.17) is 10.4 Å². The highest BCUT2D eigenvalue weighted by atomic mass is 32.2. The number of carbonyl (C=O) groups excluding carboxylic acids is 2. The second kappa shape index (κ2) is 9.21. The number of ketones is 2. The van der Waals surface area contributed by atoms with Gasteiger partial charge in [-0.05, 0) is 32.2 Å². The molecule has 0 fully saturated rings. The van der Waals surface area contributed by atoms with Crippen molar-refractivity contribution in [2.24, 2.45) is 11.8 Å². The SMILES string of the molecule is CC(C)C[C@H](NN)C(=O)C(=O)C(C)NCCCS(=O)(=O)O. The lowest BCUT2D eigenvalue weighted by molar-refractivity contribution is -0.139. The Morgan fingerprint density at radius 1 is 1.19 bits per heavy atom. The van der Waals surface area contributed by atoms with Crippen molar-refractivity contribution in [3.8, 4) is 0 Å². The summed E-state index contributed by atoms with van der Waals surface area (Å²) in [5.41, 5.74) is 2.35. The summed E-state index contributed by atoms with van der Waals surface area (Å²) < 4.78 is 29.6. The zero-order valence-electron chi connectivity index (χ0n) is 12.6. The van der Waals surface area contributed by atoms with Crippen LogP contribution in [0, 0.1) is 5.92 Å². The quantitative estimate of drug-likeness (QED) is 0.128. The molecule has 0 aromatic heterocycles. The normalized spacial score (nSPS) is 15.0. The van der Waals surface area contributed by atoms with Crippen molar-refractivity contribution < 1.29 is 22.6 Å². The Labute approximate surface area is 125 Å². The monoisotopic (exact) mass is 323 g/mol. The van der Waals surface area contributed by atoms with Gasteiger partial charge in [-0.25, -0.2) is 5.43 Å². The van der Waals surface area contributed by atoms with Crippen LogP contribution in [0.15, 0.2) is 0 Å². The molecule has 0 aliphatic heterocycles. The molecule has 0 spiro atoms. The first kappa shape index (κ1) is 20.1. The molecular formula is C12H25N3O5S. The molecule has 0 aliphatic carbocycles. The van der Waals surface area contributed by atoms with Crippen LogP contribution in [0.4, 0.5) is 0 Å². The van der Waals surface area contributed by atoms with Crippen molar-refractivity contribution >= 4 is 21.7 Å². The first-order valence-electron chi connectivity index (χ1n) is 6.81. The molecule has 9 heteroatoms. The number of Topliss-reactive ketones (excluding diaryl/α,β-unsaturated/α-hetero) is 2. The summed E-state index contributed by atoms with van der Waals surface area (Å²) in [6, 6.07) is -1.46. The smallest absolute Gasteiger partial charge is 0.264 e. The lowest BCUT2D eigenvalue weighted by atomic mass is 9.96. The zero-order valence-corrected chi connectivity index (χ0v) is 13.4. The van der Waals surface area contributed by atoms with Crippen molar-refractivity contribution in [3.63, 3.8) is 0 Å². The van der Waals surface area contributed by atoms with Crippen molar-refractivity contribution in [2.45, 2.75) is 45.7 Å². The zero-order chi connectivity index (χ0) is 16.6. The topological polar surface area (TPSA) is 139 Å². The van der Waals surface area contributed by atoms with E-state index in [0.29, 0.717) is 6.42 Å². The van der Waals surface area contributed by atoms with Gasteiger partial charge >= 0.3 is 0 Å². The highest BCUT2D eigenvalue weighted by molar-refractivity contribution is 7.85. The van der Waals surface area contributed by atoms with Crippen LogP contribution >= 0.6 is 0 Å². The lowest BCUT2D eigenvalue weighted by Gasteiger charge is -2.18. The first-order valence-corrected chi connectivity index (χ1v) is 8.42. The van der Waals surface area contributed by atoms with E-state index in [2.05, 4.69) is 10.7 Å². The van der Waals surface area contributed by atoms with E-state index in [0.717, 1.165) is 0 Å². The molecule has 124 valence electrons. The van der Waals surface area contributed by atoms with Crippen molar-refractivity contribution in [2.75, 3.05) is 12.3 Å². The van der Waals surface area contributed by atoms with Gasteiger partial charge in [0.1, 0.15) is 0 Å². The van der Waals surface area contributed by atoms with Gasteiger partial charge < -0.3 is 5.32 Å². The van der Waals surface area contributed by atoms with Gasteiger partial charge in [0.2, 0.25) is 11.6 Å². The highest BCUT2D eigenvalue weighted by Crippen LogP contribution is 2.06. The van der Waals surface area contributed by atoms with Crippen molar-refractivity contribution in [1.82, 2.24) is 10.7 Å². The van der Waals surface area contributed by atoms with Crippen LogP contribution in [-0.4, -0.2) is 48.9 Å². The van der Waals surface area contributed by atoms with E-state index in [1.54, 1.807) is 0 Å². The van der Waals surface area contributed by atoms with Crippen LogP contribution in [0.1, 0.15) is 33.6 Å². The predicted molar refractivity (Wildman–Crippen MR) is 79.1 cm³/mol. The molecule has 0 bridgehead atoms. The summed E-state index contributed by atoms with van der Waals surface area (Å²) in [5.74, 6) is 3.90. The Hall–Kier alpha value is -0.870. The molecule has 1 unspecified atom stereocenters. The van der Waals surface area contributed by atoms with E-state index in [1.165, 1.54) is 6.92 Å². The van der Waals surface area contributed by atoms with Crippen LogP contribution < -0.4 is 16.6 Å². The number of nitrogens with one attached hydrogen (secondary N) is 2. The second-order valence-corrected chi connectivity index (χ2v) is 6.96. The minimum atomic E-state index is -4.01. The Morgan fingerprint density at radius 2 is 1.76 bits per heavy atom. The van der Waals surface area contributed by atoms with Crippen molar-refractivity contribution in [1.29, 1.82) is 0 Å². The molecule has 0 saturated carbocycles. The third kappa shape index (κ3) is 8.89. The Morgan fingerprint density at radius 3 is 2.19 bits per heavy atom. The largest absolute Gasteiger partial charge is 0.307 e. The van der Waals surface area contributed by atoms with Crippen molar-refractivity contribution in [3.05, 3.63) is 0 Å². The van der Waals surface area contributed by atoms with Crippen LogP contribution in [0.5, 0.6) is 0 Å². The Bertz CT molecular complexity index is 450. The maximum Gasteiger partial charge on any atom is 0.264 e. The number of hydrazine groups is 1. The molecule has 0 amide bonds. The third-order valence-electron chi connectivity index (χ3n) is 2.89. The van der Waals surface area contributed by atoms with Gasteiger partial charge in [0.25, 0.3) is 10.1 Å². The Balaban J connectivity index is 4.32. The minimum Gasteiger partial charge on any atom is -0.307 e. The fourth-order valence-corrected chi connectivity index (χ4v) is 2.28. The minimum absolute atomic E-state index is 0.148. The van der Waals surface area contributed by atoms with E-state index in [9.17, 15) is 18.0 Å². The average molecular weight is 323 g/mol. The van der Waals surface area contributed by atoms with Gasteiger partial charge in [-0.1, -0.05) is 13.8 Å². The standard InChI is InChI=1S/C12H25N3O5S/c1-8(2)7-10(15-13)12(17)11(16)9(3)14-5-4-6-21(18,19)20/h8-10,14-15H,4-7,13H2,1-3H3,(H,18,19,20)/t9?,10-/m0/s1. The maximum absolute atomic E-state index is 12.0. The highest BCUT2D eigenvalue weighted by Gasteiger charge is 2.28. The average Bonchev–Trinajstić information content (AvgIpc) is 2.37. The molecule has 0 saturated heterocycles. The second-order valence-electron chi connectivity index (χ2n) is 5.39. The summed E-state index contributed by atoms with van der Waals surface area (Å²) in [6.45, 7) is 5.56. The Kier molecular flexibility index (Phi) is 8.83. The van der Waals surface area contributed by atoms with E-state index in [-0.39, 0.29) is 18.9 Å². The molecule has 5 N–H and O–H groups in total. The number of hydrogen-bond acceptors (Lipinski definition) is 7. The van der Waals surface area contributed by atoms with Gasteiger partial charge in [0.05, 0.1) is 17.8 Å². The molecule has 0 heterocycles. The summed E-state index contributed by atoms with van der Waals surface area (Å²) in [4.78, 5) is 23.9. The number of hydrogen-bond donors (Lipinski definition) is 4. The van der Waals surface area contributed by atoms with E-state index >= 15 is 0 Å². The maximum atomic E-state index is 12.0. The molecular weight excluding hydrogens is 298 g/mol. The van der Waals surface area contributed by atoms with Crippen LogP contribution in [0.3, 0.4) is 0 Å². The van der Waals surface area contributed by atoms with E-state index in [1.807, 2.05) is 13.8 Å². The molecule has 0 radical (unpaired) electrons. The van der Waals surface area contributed by atoms with E-state index < -0.39 is 39.5 Å². The van der Waals surface area contributed by atoms with Gasteiger partial charge in [-0.3, -0.25) is 20.0 Å². The van der Waals surface area contributed by atoms with Gasteiger partial charge in [-0.15, -0.1) is 0 Å². The van der Waals surface area contributed by atoms with Crippen LogP contribution in [-0.2, 0) is 19.7 Å². The van der Waals surface area contributed by atoms with Crippen LogP contribution in [0.25, 0.3) is 0 Å². The number of rotatable bonds is 11. The fraction of sp³-hybridized carbons (Fsp3) is 0.833. The summed E-state index contributed by atoms with van der Waals surface area (Å²) >= 11 is 0. The molecule has 2 atom stereocenters. The lowest BCUT2D eigenvalue weighted by Crippen LogP contribution is -2.50. The molecule has 0 rings (SSSR count). The summed E-state index contributed by atoms with van der Waals surface area (Å²) in [6.07, 6.45) is 0.603. The first-order chi connectivity index (χ1) is 9.58. The third-order valence-corrected chi connectivity index (χ3v) is 3.70. The molecule has 0 aromatic rings. The van der Waals surface area contributed by atoms with Gasteiger partial charge in [0, 0.05) is 0 Å². The predicted octanol–water partition coefficient (Wildman–Crippen LogP) is -0.741. The number of nitrogens with two attached hydrogens (primary N) is 1. The summed E-state index contributed by atoms with van der Waals surface area (Å²) in [7, 11) is -4.01. The molecule has 8 nitrogen and oxygen atoms in total. The fourth-order valence-electron chi connectivity index (χ4n) is 1.77. The molecule has 0 aromatic carbocycles. The van der Waals surface area contributed by atoms with Gasteiger partial charge in [-0.2, -0.15) is 8.42 Å². The van der Waals surface area contributed by atoms with Gasteiger partial charge in [0.15, 0.2) is 0 Å². The molecule has 0 aliphatic rings.